The molecule has 1 aromatic carbocycles. The second kappa shape index (κ2) is 6.83. The SMILES string of the molecule is COc1ccc(F)cc1S(=O)(=O)NCCCN(C)C. The molecule has 0 saturated carbocycles. The van der Waals surface area contributed by atoms with Crippen LogP contribution in [0.15, 0.2) is 23.1 Å². The first-order valence-corrected chi connectivity index (χ1v) is 7.33. The molecular formula is C12H19FN2O3S. The molecule has 0 bridgehead atoms. The van der Waals surface area contributed by atoms with Gasteiger partial charge in [-0.2, -0.15) is 0 Å². The number of ether oxygens (including phenoxy) is 1. The Hall–Kier alpha value is -1.18. The first-order chi connectivity index (χ1) is 8.86. The zero-order valence-electron chi connectivity index (χ0n) is 11.3. The van der Waals surface area contributed by atoms with Crippen molar-refractivity contribution < 1.29 is 17.5 Å². The maximum absolute atomic E-state index is 13.2. The van der Waals surface area contributed by atoms with Crippen LogP contribution in [0.1, 0.15) is 6.42 Å². The molecule has 0 heterocycles. The van der Waals surface area contributed by atoms with Gasteiger partial charge in [0.1, 0.15) is 16.5 Å². The molecule has 0 fully saturated rings. The predicted octanol–water partition coefficient (Wildman–Crippen LogP) is 1.06. The average Bonchev–Trinajstić information content (AvgIpc) is 2.34. The van der Waals surface area contributed by atoms with E-state index in [-0.39, 0.29) is 10.6 Å². The quantitative estimate of drug-likeness (QED) is 0.763. The Balaban J connectivity index is 2.79. The van der Waals surface area contributed by atoms with Crippen molar-refractivity contribution in [3.63, 3.8) is 0 Å². The Kier molecular flexibility index (Phi) is 5.71. The summed E-state index contributed by atoms with van der Waals surface area (Å²) in [7, 11) is 1.40. The molecule has 1 rings (SSSR count). The molecule has 1 N–H and O–H groups in total. The van der Waals surface area contributed by atoms with E-state index in [2.05, 4.69) is 4.72 Å². The van der Waals surface area contributed by atoms with Crippen molar-refractivity contribution in [2.45, 2.75) is 11.3 Å². The van der Waals surface area contributed by atoms with Crippen LogP contribution < -0.4 is 9.46 Å². The van der Waals surface area contributed by atoms with Crippen LogP contribution in [0.2, 0.25) is 0 Å². The van der Waals surface area contributed by atoms with Gasteiger partial charge in [0.05, 0.1) is 7.11 Å². The van der Waals surface area contributed by atoms with E-state index in [1.807, 2.05) is 19.0 Å². The largest absolute Gasteiger partial charge is 0.495 e. The Morgan fingerprint density at radius 3 is 2.63 bits per heavy atom. The van der Waals surface area contributed by atoms with E-state index in [0.29, 0.717) is 13.0 Å². The molecule has 19 heavy (non-hydrogen) atoms. The van der Waals surface area contributed by atoms with Gasteiger partial charge in [0.25, 0.3) is 0 Å². The van der Waals surface area contributed by atoms with E-state index >= 15 is 0 Å². The van der Waals surface area contributed by atoms with Gasteiger partial charge in [-0.25, -0.2) is 17.5 Å². The van der Waals surface area contributed by atoms with Crippen LogP contribution in [0, 0.1) is 5.82 Å². The lowest BCUT2D eigenvalue weighted by Gasteiger charge is -2.12. The number of benzene rings is 1. The maximum Gasteiger partial charge on any atom is 0.244 e. The van der Waals surface area contributed by atoms with Crippen LogP contribution >= 0.6 is 0 Å². The standard InChI is InChI=1S/C12H19FN2O3S/c1-15(2)8-4-7-14-19(16,17)12-9-10(13)5-6-11(12)18-3/h5-6,9,14H,4,7-8H2,1-3H3. The maximum atomic E-state index is 13.2. The molecular weight excluding hydrogens is 271 g/mol. The summed E-state index contributed by atoms with van der Waals surface area (Å²) < 4.78 is 44.6. The third-order valence-electron chi connectivity index (χ3n) is 2.49. The molecule has 7 heteroatoms. The van der Waals surface area contributed by atoms with Gasteiger partial charge in [-0.15, -0.1) is 0 Å². The highest BCUT2D eigenvalue weighted by Gasteiger charge is 2.19. The number of hydrogen-bond donors (Lipinski definition) is 1. The summed E-state index contributed by atoms with van der Waals surface area (Å²) in [5.41, 5.74) is 0. The van der Waals surface area contributed by atoms with Crippen molar-refractivity contribution in [3.8, 4) is 5.75 Å². The smallest absolute Gasteiger partial charge is 0.244 e. The predicted molar refractivity (Wildman–Crippen MR) is 71.3 cm³/mol. The van der Waals surface area contributed by atoms with E-state index in [4.69, 9.17) is 4.74 Å². The minimum atomic E-state index is -3.76. The van der Waals surface area contributed by atoms with Gasteiger partial charge < -0.3 is 9.64 Å². The highest BCUT2D eigenvalue weighted by molar-refractivity contribution is 7.89. The van der Waals surface area contributed by atoms with E-state index < -0.39 is 15.8 Å². The molecule has 0 radical (unpaired) electrons. The lowest BCUT2D eigenvalue weighted by Crippen LogP contribution is -2.27. The lowest BCUT2D eigenvalue weighted by atomic mass is 10.3. The summed E-state index contributed by atoms with van der Waals surface area (Å²) in [6, 6.07) is 3.40. The number of nitrogens with zero attached hydrogens (tertiary/aromatic N) is 1. The van der Waals surface area contributed by atoms with E-state index in [1.165, 1.54) is 13.2 Å². The lowest BCUT2D eigenvalue weighted by molar-refractivity contribution is 0.396. The summed E-state index contributed by atoms with van der Waals surface area (Å²) in [6.45, 7) is 1.06. The monoisotopic (exact) mass is 290 g/mol. The zero-order chi connectivity index (χ0) is 14.5. The van der Waals surface area contributed by atoms with Crippen molar-refractivity contribution in [1.82, 2.24) is 9.62 Å². The van der Waals surface area contributed by atoms with E-state index in [9.17, 15) is 12.8 Å². The van der Waals surface area contributed by atoms with Crippen LogP contribution in [0.3, 0.4) is 0 Å². The van der Waals surface area contributed by atoms with Crippen LogP contribution in [-0.2, 0) is 10.0 Å². The van der Waals surface area contributed by atoms with Crippen molar-refractivity contribution in [1.29, 1.82) is 0 Å². The number of hydrogen-bond acceptors (Lipinski definition) is 4. The minimum Gasteiger partial charge on any atom is -0.495 e. The summed E-state index contributed by atoms with van der Waals surface area (Å²) in [4.78, 5) is 1.77. The van der Waals surface area contributed by atoms with Crippen LogP contribution in [0.5, 0.6) is 5.75 Å². The van der Waals surface area contributed by atoms with Crippen LogP contribution in [0.25, 0.3) is 0 Å². The molecule has 0 aliphatic heterocycles. The first kappa shape index (κ1) is 15.9. The van der Waals surface area contributed by atoms with Gasteiger partial charge in [0.15, 0.2) is 0 Å². The molecule has 5 nitrogen and oxygen atoms in total. The number of nitrogens with one attached hydrogen (secondary N) is 1. The molecule has 108 valence electrons. The first-order valence-electron chi connectivity index (χ1n) is 5.85. The van der Waals surface area contributed by atoms with Crippen LogP contribution in [-0.4, -0.2) is 47.6 Å². The number of rotatable bonds is 7. The summed E-state index contributed by atoms with van der Waals surface area (Å²) in [6.07, 6.45) is 0.670. The van der Waals surface area contributed by atoms with Crippen molar-refractivity contribution in [3.05, 3.63) is 24.0 Å². The second-order valence-electron chi connectivity index (χ2n) is 4.35. The normalized spacial score (nSPS) is 11.8. The molecule has 1 aromatic rings. The average molecular weight is 290 g/mol. The Morgan fingerprint density at radius 1 is 1.37 bits per heavy atom. The summed E-state index contributed by atoms with van der Waals surface area (Å²) in [5, 5.41) is 0. The van der Waals surface area contributed by atoms with Gasteiger partial charge in [0.2, 0.25) is 10.0 Å². The summed E-state index contributed by atoms with van der Waals surface area (Å²) in [5.74, 6) is -0.490. The van der Waals surface area contributed by atoms with E-state index in [0.717, 1.165) is 18.7 Å². The molecule has 0 spiro atoms. The van der Waals surface area contributed by atoms with Crippen molar-refractivity contribution in [2.24, 2.45) is 0 Å². The molecule has 0 aromatic heterocycles. The van der Waals surface area contributed by atoms with Gasteiger partial charge in [-0.3, -0.25) is 0 Å². The van der Waals surface area contributed by atoms with Gasteiger partial charge in [-0.05, 0) is 45.3 Å². The molecule has 0 atom stereocenters. The van der Waals surface area contributed by atoms with Gasteiger partial charge in [0, 0.05) is 6.54 Å². The van der Waals surface area contributed by atoms with Gasteiger partial charge >= 0.3 is 0 Å². The Labute approximate surface area is 113 Å². The number of methoxy groups -OCH3 is 1. The number of sulfonamides is 1. The second-order valence-corrected chi connectivity index (χ2v) is 6.09. The third kappa shape index (κ3) is 4.77. The Bertz CT molecular complexity index is 518. The topological polar surface area (TPSA) is 58.6 Å². The molecule has 0 aliphatic rings. The fourth-order valence-electron chi connectivity index (χ4n) is 1.54. The van der Waals surface area contributed by atoms with Crippen LogP contribution in [0.4, 0.5) is 4.39 Å². The molecule has 0 aliphatic carbocycles. The molecule has 0 amide bonds. The minimum absolute atomic E-state index is 0.126. The highest BCUT2D eigenvalue weighted by Crippen LogP contribution is 2.24. The third-order valence-corrected chi connectivity index (χ3v) is 3.97. The van der Waals surface area contributed by atoms with Gasteiger partial charge in [-0.1, -0.05) is 0 Å². The fraction of sp³-hybridized carbons (Fsp3) is 0.500. The van der Waals surface area contributed by atoms with Crippen molar-refractivity contribution >= 4 is 10.0 Å². The molecule has 0 unspecified atom stereocenters. The fourth-order valence-corrected chi connectivity index (χ4v) is 2.79. The van der Waals surface area contributed by atoms with E-state index in [1.54, 1.807) is 0 Å². The zero-order valence-corrected chi connectivity index (χ0v) is 12.1. The Morgan fingerprint density at radius 2 is 2.05 bits per heavy atom. The van der Waals surface area contributed by atoms with Crippen molar-refractivity contribution in [2.75, 3.05) is 34.3 Å². The molecule has 0 saturated heterocycles. The number of halogens is 1. The highest BCUT2D eigenvalue weighted by atomic mass is 32.2. The summed E-state index contributed by atoms with van der Waals surface area (Å²) >= 11 is 0.